The maximum absolute atomic E-state index is 6.19. The molecule has 0 spiro atoms. The third-order valence-corrected chi connectivity index (χ3v) is 3.80. The van der Waals surface area contributed by atoms with Gasteiger partial charge in [0.2, 0.25) is 5.95 Å². The number of rotatable bonds is 6. The first-order valence-electron chi connectivity index (χ1n) is 8.40. The molecule has 0 fully saturated rings. The normalized spacial score (nSPS) is 10.7. The third-order valence-electron chi connectivity index (χ3n) is 3.47. The van der Waals surface area contributed by atoms with Crippen LogP contribution in [0.2, 0.25) is 5.02 Å². The lowest BCUT2D eigenvalue weighted by Gasteiger charge is -2.12. The minimum Gasteiger partial charge on any atom is -0.491 e. The van der Waals surface area contributed by atoms with Crippen LogP contribution in [0.15, 0.2) is 54.6 Å². The average Bonchev–Trinajstić information content (AvgIpc) is 2.58. The molecule has 134 valence electrons. The van der Waals surface area contributed by atoms with Crippen LogP contribution in [0.3, 0.4) is 0 Å². The third kappa shape index (κ3) is 4.86. The van der Waals surface area contributed by atoms with Gasteiger partial charge in [-0.2, -0.15) is 4.98 Å². The maximum atomic E-state index is 6.19. The molecule has 5 nitrogen and oxygen atoms in total. The zero-order valence-electron chi connectivity index (χ0n) is 15.0. The summed E-state index contributed by atoms with van der Waals surface area (Å²) in [5.74, 6) is 2.02. The predicted octanol–water partition coefficient (Wildman–Crippen LogP) is 5.71. The van der Waals surface area contributed by atoms with Crippen molar-refractivity contribution in [2.75, 3.05) is 10.6 Å². The fourth-order valence-electron chi connectivity index (χ4n) is 2.41. The largest absolute Gasteiger partial charge is 0.491 e. The number of ether oxygens (including phenoxy) is 1. The Bertz CT molecular complexity index is 881. The number of anilines is 4. The van der Waals surface area contributed by atoms with Crippen molar-refractivity contribution in [1.82, 2.24) is 9.97 Å². The topological polar surface area (TPSA) is 59.1 Å². The lowest BCUT2D eigenvalue weighted by Crippen LogP contribution is -2.05. The van der Waals surface area contributed by atoms with Gasteiger partial charge in [-0.1, -0.05) is 23.7 Å². The van der Waals surface area contributed by atoms with Crippen molar-refractivity contribution in [3.63, 3.8) is 0 Å². The van der Waals surface area contributed by atoms with Crippen molar-refractivity contribution >= 4 is 34.7 Å². The molecule has 3 rings (SSSR count). The van der Waals surface area contributed by atoms with Gasteiger partial charge in [0, 0.05) is 17.4 Å². The Morgan fingerprint density at radius 1 is 0.962 bits per heavy atom. The lowest BCUT2D eigenvalue weighted by molar-refractivity contribution is 0.242. The highest BCUT2D eigenvalue weighted by Gasteiger charge is 2.06. The number of nitrogens with one attached hydrogen (secondary N) is 2. The Labute approximate surface area is 158 Å². The Hall–Kier alpha value is -2.79. The monoisotopic (exact) mass is 368 g/mol. The van der Waals surface area contributed by atoms with Crippen LogP contribution in [0.25, 0.3) is 0 Å². The van der Waals surface area contributed by atoms with Gasteiger partial charge in [0.1, 0.15) is 11.6 Å². The first-order valence-corrected chi connectivity index (χ1v) is 8.78. The first kappa shape index (κ1) is 18.0. The molecule has 0 radical (unpaired) electrons. The van der Waals surface area contributed by atoms with Crippen molar-refractivity contribution in [3.05, 3.63) is 65.3 Å². The van der Waals surface area contributed by atoms with E-state index in [2.05, 4.69) is 20.6 Å². The van der Waals surface area contributed by atoms with E-state index in [4.69, 9.17) is 16.3 Å². The van der Waals surface area contributed by atoms with Gasteiger partial charge in [0.25, 0.3) is 0 Å². The van der Waals surface area contributed by atoms with Gasteiger partial charge in [-0.15, -0.1) is 0 Å². The molecule has 6 heteroatoms. The molecule has 0 aliphatic carbocycles. The second kappa shape index (κ2) is 8.06. The smallest absolute Gasteiger partial charge is 0.229 e. The zero-order valence-corrected chi connectivity index (χ0v) is 15.7. The molecule has 2 N–H and O–H groups in total. The summed E-state index contributed by atoms with van der Waals surface area (Å²) in [7, 11) is 0. The Morgan fingerprint density at radius 3 is 2.38 bits per heavy atom. The van der Waals surface area contributed by atoms with Crippen LogP contribution in [0.5, 0.6) is 5.75 Å². The summed E-state index contributed by atoms with van der Waals surface area (Å²) in [6.07, 6.45) is 0.150. The number of halogens is 1. The number of hydrogen-bond acceptors (Lipinski definition) is 5. The van der Waals surface area contributed by atoms with Gasteiger partial charge in [-0.3, -0.25) is 0 Å². The zero-order chi connectivity index (χ0) is 18.5. The van der Waals surface area contributed by atoms with E-state index < -0.39 is 0 Å². The highest BCUT2D eigenvalue weighted by molar-refractivity contribution is 6.33. The molecule has 0 unspecified atom stereocenters. The van der Waals surface area contributed by atoms with E-state index >= 15 is 0 Å². The van der Waals surface area contributed by atoms with E-state index in [0.29, 0.717) is 16.8 Å². The highest BCUT2D eigenvalue weighted by atomic mass is 35.5. The Kier molecular flexibility index (Phi) is 5.58. The van der Waals surface area contributed by atoms with E-state index in [-0.39, 0.29) is 6.10 Å². The molecule has 0 aliphatic heterocycles. The number of hydrogen-bond donors (Lipinski definition) is 2. The summed E-state index contributed by atoms with van der Waals surface area (Å²) in [5.41, 5.74) is 2.53. The first-order chi connectivity index (χ1) is 12.5. The molecule has 0 saturated heterocycles. The average molecular weight is 369 g/mol. The van der Waals surface area contributed by atoms with Crippen molar-refractivity contribution in [2.24, 2.45) is 0 Å². The summed E-state index contributed by atoms with van der Waals surface area (Å²) in [5, 5.41) is 7.06. The van der Waals surface area contributed by atoms with Gasteiger partial charge >= 0.3 is 0 Å². The van der Waals surface area contributed by atoms with Gasteiger partial charge in [0.05, 0.1) is 16.8 Å². The molecule has 26 heavy (non-hydrogen) atoms. The van der Waals surface area contributed by atoms with Crippen LogP contribution in [0.1, 0.15) is 19.5 Å². The van der Waals surface area contributed by atoms with E-state index in [0.717, 1.165) is 22.8 Å². The molecular formula is C20H21ClN4O. The minimum absolute atomic E-state index is 0.150. The molecule has 2 aromatic carbocycles. The summed E-state index contributed by atoms with van der Waals surface area (Å²) in [6.45, 7) is 5.93. The lowest BCUT2D eigenvalue weighted by atomic mass is 10.3. The maximum Gasteiger partial charge on any atom is 0.229 e. The minimum atomic E-state index is 0.150. The summed E-state index contributed by atoms with van der Waals surface area (Å²) in [6, 6.07) is 17.1. The summed E-state index contributed by atoms with van der Waals surface area (Å²) < 4.78 is 5.66. The number of aryl methyl sites for hydroxylation is 1. The van der Waals surface area contributed by atoms with E-state index in [1.165, 1.54) is 0 Å². The Balaban J connectivity index is 1.76. The van der Waals surface area contributed by atoms with Crippen LogP contribution in [0, 0.1) is 6.92 Å². The van der Waals surface area contributed by atoms with E-state index in [1.54, 1.807) is 0 Å². The Morgan fingerprint density at radius 2 is 1.69 bits per heavy atom. The number of aromatic nitrogens is 2. The van der Waals surface area contributed by atoms with Gasteiger partial charge in [-0.25, -0.2) is 4.98 Å². The molecular weight excluding hydrogens is 348 g/mol. The van der Waals surface area contributed by atoms with Gasteiger partial charge in [0.15, 0.2) is 0 Å². The number of nitrogens with zero attached hydrogens (tertiary/aromatic N) is 2. The SMILES string of the molecule is Cc1cc(Nc2ccc(OC(C)C)cc2)nc(Nc2ccccc2Cl)n1. The van der Waals surface area contributed by atoms with Crippen LogP contribution < -0.4 is 15.4 Å². The predicted molar refractivity (Wildman–Crippen MR) is 107 cm³/mol. The molecule has 0 aliphatic rings. The quantitative estimate of drug-likeness (QED) is 0.583. The van der Waals surface area contributed by atoms with Crippen LogP contribution in [-0.2, 0) is 0 Å². The van der Waals surface area contributed by atoms with Crippen LogP contribution in [-0.4, -0.2) is 16.1 Å². The van der Waals surface area contributed by atoms with Gasteiger partial charge < -0.3 is 15.4 Å². The molecule has 0 atom stereocenters. The van der Waals surface area contributed by atoms with Crippen molar-refractivity contribution < 1.29 is 4.74 Å². The van der Waals surface area contributed by atoms with Crippen LogP contribution in [0.4, 0.5) is 23.1 Å². The molecule has 1 heterocycles. The summed E-state index contributed by atoms with van der Waals surface area (Å²) >= 11 is 6.19. The second-order valence-electron chi connectivity index (χ2n) is 6.14. The number of para-hydroxylation sites is 1. The van der Waals surface area contributed by atoms with Crippen molar-refractivity contribution in [1.29, 1.82) is 0 Å². The molecule has 0 bridgehead atoms. The fourth-order valence-corrected chi connectivity index (χ4v) is 2.59. The fraction of sp³-hybridized carbons (Fsp3) is 0.200. The highest BCUT2D eigenvalue weighted by Crippen LogP contribution is 2.25. The summed E-state index contributed by atoms with van der Waals surface area (Å²) in [4.78, 5) is 8.93. The van der Waals surface area contributed by atoms with E-state index in [9.17, 15) is 0 Å². The van der Waals surface area contributed by atoms with Crippen LogP contribution >= 0.6 is 11.6 Å². The molecule has 0 amide bonds. The molecule has 0 saturated carbocycles. The van der Waals surface area contributed by atoms with E-state index in [1.807, 2.05) is 75.4 Å². The van der Waals surface area contributed by atoms with Crippen molar-refractivity contribution in [3.8, 4) is 5.75 Å². The number of benzene rings is 2. The van der Waals surface area contributed by atoms with Gasteiger partial charge in [-0.05, 0) is 57.2 Å². The second-order valence-corrected chi connectivity index (χ2v) is 6.55. The molecule has 1 aromatic heterocycles. The standard InChI is InChI=1S/C20H21ClN4O/c1-13(2)26-16-10-8-15(9-11-16)23-19-12-14(3)22-20(25-19)24-18-7-5-4-6-17(18)21/h4-13H,1-3H3,(H2,22,23,24,25). The van der Waals surface area contributed by atoms with Crippen molar-refractivity contribution in [2.45, 2.75) is 26.9 Å². The molecule has 3 aromatic rings.